The number of non-ortho nitro benzene ring substituents is 1. The lowest BCUT2D eigenvalue weighted by atomic mass is 9.79. The molecule has 1 N–H and O–H groups in total. The zero-order valence-electron chi connectivity index (χ0n) is 18.7. The molecule has 1 saturated heterocycles. The molecule has 10 nitrogen and oxygen atoms in total. The molecule has 2 aliphatic heterocycles. The summed E-state index contributed by atoms with van der Waals surface area (Å²) in [5, 5.41) is 20.9. The Bertz CT molecular complexity index is 1120. The van der Waals surface area contributed by atoms with E-state index in [2.05, 4.69) is 9.97 Å². The van der Waals surface area contributed by atoms with Crippen LogP contribution in [-0.2, 0) is 27.4 Å². The van der Waals surface area contributed by atoms with E-state index < -0.39 is 22.9 Å². The van der Waals surface area contributed by atoms with Crippen molar-refractivity contribution in [3.05, 3.63) is 74.8 Å². The second-order valence-corrected chi connectivity index (χ2v) is 9.40. The van der Waals surface area contributed by atoms with Crippen LogP contribution in [0, 0.1) is 22.0 Å². The Morgan fingerprint density at radius 2 is 2.06 bits per heavy atom. The molecule has 11 heteroatoms. The first-order valence-corrected chi connectivity index (χ1v) is 11.8. The van der Waals surface area contributed by atoms with E-state index in [1.54, 1.807) is 13.1 Å². The van der Waals surface area contributed by atoms with Crippen LogP contribution < -0.4 is 0 Å². The van der Waals surface area contributed by atoms with Gasteiger partial charge in [0.15, 0.2) is 0 Å². The summed E-state index contributed by atoms with van der Waals surface area (Å²) in [4.78, 5) is 46.6. The molecule has 2 aliphatic rings. The molecule has 34 heavy (non-hydrogen) atoms. The number of esters is 1. The van der Waals surface area contributed by atoms with Crippen molar-refractivity contribution in [3.63, 3.8) is 0 Å². The van der Waals surface area contributed by atoms with Crippen LogP contribution in [0.2, 0.25) is 0 Å². The smallest absolute Gasteiger partial charge is 0.356 e. The standard InChI is InChI=1S/C23H24N4O6S/c1-13-19-18(14(2)28)22(29)26(19)20(21(13)34-10-8-16-7-9-24-12-25-16)23(30)33-11-15-3-5-17(6-4-15)27(31)32/h3-7,9,12-14,18-19,28H,8,10-11H2,1-2H3/t13-,14-,18-,19-/m1/s1. The van der Waals surface area contributed by atoms with Gasteiger partial charge < -0.3 is 14.7 Å². The molecule has 0 radical (unpaired) electrons. The van der Waals surface area contributed by atoms with Gasteiger partial charge in [-0.15, -0.1) is 11.8 Å². The molecule has 0 unspecified atom stereocenters. The van der Waals surface area contributed by atoms with Gasteiger partial charge in [-0.3, -0.25) is 14.9 Å². The molecular weight excluding hydrogens is 460 g/mol. The molecule has 0 bridgehead atoms. The number of aliphatic hydroxyl groups is 1. The largest absolute Gasteiger partial charge is 0.456 e. The zero-order valence-corrected chi connectivity index (χ0v) is 19.5. The number of aromatic nitrogens is 2. The maximum Gasteiger partial charge on any atom is 0.356 e. The summed E-state index contributed by atoms with van der Waals surface area (Å²) < 4.78 is 5.50. The normalized spacial score (nSPS) is 22.3. The second kappa shape index (κ2) is 9.90. The number of nitrogens with zero attached hydrogens (tertiary/aromatic N) is 4. The molecule has 1 fully saturated rings. The highest BCUT2D eigenvalue weighted by molar-refractivity contribution is 8.03. The summed E-state index contributed by atoms with van der Waals surface area (Å²) in [5.41, 5.74) is 1.63. The maximum atomic E-state index is 13.1. The van der Waals surface area contributed by atoms with Crippen molar-refractivity contribution >= 4 is 29.3 Å². The summed E-state index contributed by atoms with van der Waals surface area (Å²) in [7, 11) is 0. The number of β-lactam (4-membered cyclic amide) rings is 1. The molecule has 4 atom stereocenters. The average molecular weight is 485 g/mol. The number of aryl methyl sites for hydroxylation is 1. The number of benzene rings is 1. The zero-order chi connectivity index (χ0) is 24.4. The summed E-state index contributed by atoms with van der Waals surface area (Å²) in [6.07, 6.45) is 2.99. The van der Waals surface area contributed by atoms with Crippen LogP contribution in [0.5, 0.6) is 0 Å². The van der Waals surface area contributed by atoms with E-state index >= 15 is 0 Å². The van der Waals surface area contributed by atoms with Gasteiger partial charge in [0.25, 0.3) is 5.69 Å². The topological polar surface area (TPSA) is 136 Å². The van der Waals surface area contributed by atoms with Gasteiger partial charge in [-0.1, -0.05) is 6.92 Å². The SMILES string of the molecule is C[C@@H](O)[C@H]1C(=O)N2C(C(=O)OCc3ccc([N+](=O)[O-])cc3)=C(SCCc3ccncn3)[C@H](C)[C@H]12. The van der Waals surface area contributed by atoms with Gasteiger partial charge in [-0.2, -0.15) is 0 Å². The minimum Gasteiger partial charge on any atom is -0.456 e. The minimum atomic E-state index is -0.820. The lowest BCUT2D eigenvalue weighted by molar-refractivity contribution is -0.384. The van der Waals surface area contributed by atoms with E-state index in [0.29, 0.717) is 17.7 Å². The van der Waals surface area contributed by atoms with Gasteiger partial charge in [0.2, 0.25) is 5.91 Å². The van der Waals surface area contributed by atoms with E-state index in [9.17, 15) is 24.8 Å². The molecule has 2 aromatic rings. The fourth-order valence-electron chi connectivity index (χ4n) is 4.37. The van der Waals surface area contributed by atoms with Gasteiger partial charge in [-0.25, -0.2) is 14.8 Å². The Kier molecular flexibility index (Phi) is 6.94. The molecule has 1 aromatic heterocycles. The van der Waals surface area contributed by atoms with Crippen molar-refractivity contribution in [1.82, 2.24) is 14.9 Å². The first-order valence-electron chi connectivity index (χ1n) is 10.8. The van der Waals surface area contributed by atoms with Crippen LogP contribution in [0.4, 0.5) is 5.69 Å². The van der Waals surface area contributed by atoms with Gasteiger partial charge in [0.1, 0.15) is 18.6 Å². The highest BCUT2D eigenvalue weighted by atomic mass is 32.2. The monoisotopic (exact) mass is 484 g/mol. The first kappa shape index (κ1) is 23.8. The molecule has 0 aliphatic carbocycles. The van der Waals surface area contributed by atoms with Gasteiger partial charge >= 0.3 is 5.97 Å². The van der Waals surface area contributed by atoms with Crippen LogP contribution in [0.1, 0.15) is 25.1 Å². The number of ether oxygens (including phenoxy) is 1. The third-order valence-electron chi connectivity index (χ3n) is 6.08. The van der Waals surface area contributed by atoms with Crippen molar-refractivity contribution in [3.8, 4) is 0 Å². The summed E-state index contributed by atoms with van der Waals surface area (Å²) in [6, 6.07) is 7.27. The number of thioether (sulfide) groups is 1. The Morgan fingerprint density at radius 1 is 1.32 bits per heavy atom. The quantitative estimate of drug-likeness (QED) is 0.246. The average Bonchev–Trinajstić information content (AvgIpc) is 3.06. The Balaban J connectivity index is 1.51. The number of nitro benzene ring substituents is 1. The number of nitro groups is 1. The van der Waals surface area contributed by atoms with E-state index in [1.165, 1.54) is 47.3 Å². The molecule has 0 spiro atoms. The number of fused-ring (bicyclic) bond motifs is 1. The Labute approximate surface area is 200 Å². The third-order valence-corrected chi connectivity index (χ3v) is 7.36. The fourth-order valence-corrected chi connectivity index (χ4v) is 5.62. The highest BCUT2D eigenvalue weighted by Gasteiger charge is 2.60. The number of carbonyl (C=O) groups excluding carboxylic acids is 2. The van der Waals surface area contributed by atoms with E-state index in [0.717, 1.165) is 10.6 Å². The van der Waals surface area contributed by atoms with Crippen LogP contribution in [0.3, 0.4) is 0 Å². The Morgan fingerprint density at radius 3 is 2.68 bits per heavy atom. The third kappa shape index (κ3) is 4.53. The number of hydrogen-bond donors (Lipinski definition) is 1. The minimum absolute atomic E-state index is 0.0528. The van der Waals surface area contributed by atoms with Crippen LogP contribution >= 0.6 is 11.8 Å². The molecule has 1 aromatic carbocycles. The summed E-state index contributed by atoms with van der Waals surface area (Å²) in [6.45, 7) is 3.45. The Hall–Kier alpha value is -3.31. The predicted octanol–water partition coefficient (Wildman–Crippen LogP) is 2.47. The molecule has 1 amide bonds. The van der Waals surface area contributed by atoms with Crippen molar-refractivity contribution in [2.75, 3.05) is 5.75 Å². The number of amides is 1. The second-order valence-electron chi connectivity index (χ2n) is 8.27. The van der Waals surface area contributed by atoms with Crippen molar-refractivity contribution in [2.24, 2.45) is 11.8 Å². The van der Waals surface area contributed by atoms with Crippen molar-refractivity contribution in [1.29, 1.82) is 0 Å². The number of hydrogen-bond acceptors (Lipinski definition) is 9. The summed E-state index contributed by atoms with van der Waals surface area (Å²) in [5.74, 6) is -0.971. The number of carbonyl (C=O) groups is 2. The lowest BCUT2D eigenvalue weighted by Gasteiger charge is -2.46. The van der Waals surface area contributed by atoms with Gasteiger partial charge in [-0.05, 0) is 37.1 Å². The van der Waals surface area contributed by atoms with E-state index in [4.69, 9.17) is 4.74 Å². The molecule has 178 valence electrons. The lowest BCUT2D eigenvalue weighted by Crippen LogP contribution is -2.63. The number of aliphatic hydroxyl groups excluding tert-OH is 1. The van der Waals surface area contributed by atoms with Gasteiger partial charge in [0, 0.05) is 40.6 Å². The maximum absolute atomic E-state index is 13.1. The van der Waals surface area contributed by atoms with Gasteiger partial charge in [0.05, 0.1) is 23.0 Å². The van der Waals surface area contributed by atoms with Crippen LogP contribution in [-0.4, -0.2) is 54.7 Å². The molecule has 3 heterocycles. The van der Waals surface area contributed by atoms with Crippen molar-refractivity contribution < 1.29 is 24.4 Å². The first-order chi connectivity index (χ1) is 16.3. The molecule has 0 saturated carbocycles. The van der Waals surface area contributed by atoms with E-state index in [1.807, 2.05) is 13.0 Å². The fraction of sp³-hybridized carbons (Fsp3) is 0.391. The number of rotatable bonds is 9. The molecule has 4 rings (SSSR count). The van der Waals surface area contributed by atoms with Crippen LogP contribution in [0.15, 0.2) is 53.5 Å². The van der Waals surface area contributed by atoms with Crippen molar-refractivity contribution in [2.45, 2.75) is 39.0 Å². The van der Waals surface area contributed by atoms with Crippen LogP contribution in [0.25, 0.3) is 0 Å². The predicted molar refractivity (Wildman–Crippen MR) is 123 cm³/mol. The molecular formula is C23H24N4O6S. The van der Waals surface area contributed by atoms with E-state index in [-0.39, 0.29) is 35.9 Å². The summed E-state index contributed by atoms with van der Waals surface area (Å²) >= 11 is 1.48. The highest BCUT2D eigenvalue weighted by Crippen LogP contribution is 2.50.